The van der Waals surface area contributed by atoms with E-state index in [1.807, 2.05) is 0 Å². The van der Waals surface area contributed by atoms with Crippen LogP contribution in [-0.2, 0) is 9.13 Å². The fourth-order valence-electron chi connectivity index (χ4n) is 2.88. The first-order valence-electron chi connectivity index (χ1n) is 10.1. The van der Waals surface area contributed by atoms with Crippen LogP contribution in [0.3, 0.4) is 0 Å². The van der Waals surface area contributed by atoms with E-state index in [1.165, 1.54) is 51.0 Å². The second-order valence-corrected chi connectivity index (χ2v) is 10.6. The lowest BCUT2D eigenvalue weighted by Crippen LogP contribution is -1.89. The van der Waals surface area contributed by atoms with Crippen LogP contribution in [0, 0.1) is 11.8 Å². The molecule has 0 fully saturated rings. The first-order chi connectivity index (χ1) is 13.6. The minimum atomic E-state index is -5.06. The van der Waals surface area contributed by atoms with Gasteiger partial charge < -0.3 is 19.6 Å². The molecule has 6 nitrogen and oxygen atoms in total. The molecule has 0 saturated heterocycles. The fraction of sp³-hybridized carbons (Fsp3) is 0.524. The summed E-state index contributed by atoms with van der Waals surface area (Å²) >= 11 is 0. The molecule has 0 atom stereocenters. The molecule has 0 spiro atoms. The number of hydrogen-bond donors (Lipinski definition) is 4. The monoisotopic (exact) mass is 442 g/mol. The highest BCUT2D eigenvalue weighted by Crippen LogP contribution is 2.64. The molecule has 162 valence electrons. The van der Waals surface area contributed by atoms with Crippen molar-refractivity contribution in [3.63, 3.8) is 0 Å². The molecular weight excluding hydrogens is 410 g/mol. The maximum atomic E-state index is 11.4. The summed E-state index contributed by atoms with van der Waals surface area (Å²) in [7, 11) is -10.1. The molecule has 1 aromatic carbocycles. The Bertz CT molecular complexity index is 786. The Hall–Kier alpha value is -1.18. The van der Waals surface area contributed by atoms with Crippen molar-refractivity contribution < 1.29 is 28.7 Å². The summed E-state index contributed by atoms with van der Waals surface area (Å²) in [5, 5.41) is -1.19. The summed E-state index contributed by atoms with van der Waals surface area (Å²) < 4.78 is 22.7. The van der Waals surface area contributed by atoms with Gasteiger partial charge in [-0.05, 0) is 30.2 Å². The zero-order valence-corrected chi connectivity index (χ0v) is 18.7. The van der Waals surface area contributed by atoms with Crippen molar-refractivity contribution in [2.24, 2.45) is 0 Å². The lowest BCUT2D eigenvalue weighted by Gasteiger charge is -2.10. The van der Waals surface area contributed by atoms with E-state index in [1.54, 1.807) is 18.2 Å². The molecule has 1 rings (SSSR count). The minimum Gasteiger partial charge on any atom is -0.321 e. The Kier molecular flexibility index (Phi) is 11.8. The predicted molar refractivity (Wildman–Crippen MR) is 117 cm³/mol. The van der Waals surface area contributed by atoms with Crippen molar-refractivity contribution >= 4 is 21.3 Å². The van der Waals surface area contributed by atoms with Gasteiger partial charge in [-0.15, -0.1) is 0 Å². The molecule has 0 radical (unpaired) electrons. The van der Waals surface area contributed by atoms with Gasteiger partial charge in [0.2, 0.25) is 0 Å². The van der Waals surface area contributed by atoms with Gasteiger partial charge in [0, 0.05) is 12.0 Å². The summed E-state index contributed by atoms with van der Waals surface area (Å²) in [5.41, 5.74) is 0.909. The van der Waals surface area contributed by atoms with E-state index in [4.69, 9.17) is 0 Å². The molecule has 0 amide bonds. The summed E-state index contributed by atoms with van der Waals surface area (Å²) in [6.07, 6.45) is 12.8. The summed E-state index contributed by atoms with van der Waals surface area (Å²) in [4.78, 5) is 36.7. The first-order valence-corrected chi connectivity index (χ1v) is 13.3. The number of unbranched alkanes of at least 4 members (excludes halogenated alkanes) is 9. The van der Waals surface area contributed by atoms with Crippen LogP contribution in [0.5, 0.6) is 0 Å². The number of hydrogen-bond acceptors (Lipinski definition) is 2. The minimum absolute atomic E-state index is 0.279. The van der Waals surface area contributed by atoms with Crippen LogP contribution in [-0.4, -0.2) is 19.6 Å². The van der Waals surface area contributed by atoms with Gasteiger partial charge in [0.1, 0.15) is 0 Å². The summed E-state index contributed by atoms with van der Waals surface area (Å²) in [6.45, 7) is 2.22. The first kappa shape index (κ1) is 25.9. The lowest BCUT2D eigenvalue weighted by molar-refractivity contribution is 0.368. The van der Waals surface area contributed by atoms with Gasteiger partial charge in [-0.25, -0.2) is 0 Å². The average Bonchev–Trinajstić information content (AvgIpc) is 2.63. The molecule has 0 aromatic heterocycles. The van der Waals surface area contributed by atoms with Crippen LogP contribution >= 0.6 is 15.2 Å². The lowest BCUT2D eigenvalue weighted by atomic mass is 10.1. The molecule has 0 aliphatic rings. The Morgan fingerprint density at radius 2 is 1.45 bits per heavy atom. The predicted octanol–water partition coefficient (Wildman–Crippen LogP) is 5.61. The van der Waals surface area contributed by atoms with Crippen LogP contribution in [0.4, 0.5) is 0 Å². The van der Waals surface area contributed by atoms with E-state index < -0.39 is 20.2 Å². The fourth-order valence-corrected chi connectivity index (χ4v) is 4.87. The van der Waals surface area contributed by atoms with Crippen molar-refractivity contribution in [1.29, 1.82) is 0 Å². The third-order valence-electron chi connectivity index (χ3n) is 4.42. The Labute approximate surface area is 173 Å². The number of rotatable bonds is 12. The van der Waals surface area contributed by atoms with Crippen LogP contribution in [0.2, 0.25) is 0 Å². The van der Waals surface area contributed by atoms with Crippen molar-refractivity contribution in [3.8, 4) is 11.8 Å². The summed E-state index contributed by atoms with van der Waals surface area (Å²) in [6, 6.07) is 6.44. The highest BCUT2D eigenvalue weighted by molar-refractivity contribution is 7.77. The highest BCUT2D eigenvalue weighted by atomic mass is 31.2. The Morgan fingerprint density at radius 3 is 2.00 bits per heavy atom. The van der Waals surface area contributed by atoms with Crippen molar-refractivity contribution in [1.82, 2.24) is 0 Å². The zero-order chi connectivity index (χ0) is 21.8. The standard InChI is InChI=1S/C21H32O6P2/c1-2-3-4-5-6-7-8-9-10-11-12-14-19-15-13-16-20(17-19)18-21(28(22,23)24)29(25,26)27/h13,15-18H,2-11H2,1H3,(H2,22,23,24)(H2,25,26,27). The maximum absolute atomic E-state index is 11.4. The van der Waals surface area contributed by atoms with Crippen molar-refractivity contribution in [2.75, 3.05) is 0 Å². The molecule has 1 aromatic rings. The van der Waals surface area contributed by atoms with E-state index in [9.17, 15) is 28.7 Å². The van der Waals surface area contributed by atoms with Gasteiger partial charge in [0.25, 0.3) is 0 Å². The van der Waals surface area contributed by atoms with Crippen LogP contribution in [0.15, 0.2) is 29.3 Å². The quantitative estimate of drug-likeness (QED) is 0.190. The molecule has 8 heteroatoms. The molecule has 4 N–H and O–H groups in total. The molecule has 0 bridgehead atoms. The second-order valence-electron chi connectivity index (χ2n) is 7.10. The average molecular weight is 442 g/mol. The Balaban J connectivity index is 2.54. The van der Waals surface area contributed by atoms with E-state index in [2.05, 4.69) is 18.8 Å². The third-order valence-corrected chi connectivity index (χ3v) is 7.43. The van der Waals surface area contributed by atoms with Gasteiger partial charge in [-0.1, -0.05) is 82.3 Å². The molecule has 0 heterocycles. The topological polar surface area (TPSA) is 115 Å². The molecule has 0 aliphatic carbocycles. The van der Waals surface area contributed by atoms with Crippen LogP contribution < -0.4 is 0 Å². The van der Waals surface area contributed by atoms with Gasteiger partial charge in [-0.2, -0.15) is 0 Å². The number of benzene rings is 1. The maximum Gasteiger partial charge on any atom is 0.364 e. The van der Waals surface area contributed by atoms with E-state index in [0.717, 1.165) is 25.3 Å². The van der Waals surface area contributed by atoms with E-state index >= 15 is 0 Å². The molecule has 0 saturated carbocycles. The van der Waals surface area contributed by atoms with E-state index in [-0.39, 0.29) is 5.56 Å². The van der Waals surface area contributed by atoms with Gasteiger partial charge in [-0.3, -0.25) is 9.13 Å². The highest BCUT2D eigenvalue weighted by Gasteiger charge is 2.36. The van der Waals surface area contributed by atoms with Crippen molar-refractivity contribution in [2.45, 2.75) is 71.1 Å². The second kappa shape index (κ2) is 13.2. The van der Waals surface area contributed by atoms with Gasteiger partial charge >= 0.3 is 15.2 Å². The smallest absolute Gasteiger partial charge is 0.321 e. The van der Waals surface area contributed by atoms with Crippen molar-refractivity contribution in [3.05, 3.63) is 40.4 Å². The molecule has 0 aliphatic heterocycles. The zero-order valence-electron chi connectivity index (χ0n) is 17.0. The van der Waals surface area contributed by atoms with Crippen LogP contribution in [0.1, 0.15) is 82.3 Å². The third kappa shape index (κ3) is 11.6. The van der Waals surface area contributed by atoms with Gasteiger partial charge in [0.15, 0.2) is 5.06 Å². The Morgan fingerprint density at radius 1 is 0.897 bits per heavy atom. The largest absolute Gasteiger partial charge is 0.364 e. The van der Waals surface area contributed by atoms with Crippen LogP contribution in [0.25, 0.3) is 6.08 Å². The molecule has 0 unspecified atom stereocenters. The normalized spacial score (nSPS) is 11.6. The van der Waals surface area contributed by atoms with E-state index in [0.29, 0.717) is 5.56 Å². The summed E-state index contributed by atoms with van der Waals surface area (Å²) in [5.74, 6) is 6.08. The molecular formula is C21H32O6P2. The van der Waals surface area contributed by atoms with Gasteiger partial charge in [0.05, 0.1) is 0 Å². The molecule has 29 heavy (non-hydrogen) atoms. The SMILES string of the molecule is CCCCCCCCCCCC#Cc1cccc(C=C(P(=O)(O)O)P(=O)(O)O)c1.